The van der Waals surface area contributed by atoms with Crippen molar-refractivity contribution in [3.8, 4) is 0 Å². The topological polar surface area (TPSA) is 28.5 Å². The first kappa shape index (κ1) is 17.7. The molecule has 0 saturated carbocycles. The van der Waals surface area contributed by atoms with Gasteiger partial charge in [0, 0.05) is 42.3 Å². The number of carbonyl (C=O) groups excluding carboxylic acids is 1. The van der Waals surface area contributed by atoms with Crippen LogP contribution in [0.25, 0.3) is 17.0 Å². The highest BCUT2D eigenvalue weighted by molar-refractivity contribution is 5.91. The number of allylic oxidation sites excluding steroid dienone is 2. The molecule has 1 unspecified atom stereocenters. The van der Waals surface area contributed by atoms with Gasteiger partial charge in [0.2, 0.25) is 5.91 Å². The molecule has 140 valence electrons. The number of fused-ring (bicyclic) bond motifs is 2. The fraction of sp³-hybridized carbons (Fsp3) is 0.348. The third kappa shape index (κ3) is 3.32. The van der Waals surface area contributed by atoms with Gasteiger partial charge in [0.25, 0.3) is 0 Å². The minimum atomic E-state index is 0.173. The van der Waals surface area contributed by atoms with Gasteiger partial charge in [0.05, 0.1) is 6.04 Å². The Hall–Kier alpha value is -2.75. The largest absolute Gasteiger partial charge is 0.367 e. The van der Waals surface area contributed by atoms with Crippen molar-refractivity contribution in [3.63, 3.8) is 0 Å². The van der Waals surface area contributed by atoms with Crippen LogP contribution < -0.4 is 0 Å². The monoisotopic (exact) mass is 361 g/mol. The maximum atomic E-state index is 12.6. The predicted molar refractivity (Wildman–Crippen MR) is 111 cm³/mol. The van der Waals surface area contributed by atoms with Gasteiger partial charge in [-0.1, -0.05) is 36.4 Å². The smallest absolute Gasteiger partial charge is 0.242 e. The lowest BCUT2D eigenvalue weighted by Gasteiger charge is -2.22. The molecule has 0 N–H and O–H groups in total. The van der Waals surface area contributed by atoms with Crippen LogP contribution in [0.15, 0.2) is 60.5 Å². The van der Waals surface area contributed by atoms with Gasteiger partial charge in [-0.25, -0.2) is 0 Å². The minimum Gasteiger partial charge on any atom is -0.367 e. The number of benzene rings is 1. The summed E-state index contributed by atoms with van der Waals surface area (Å²) in [6.45, 7) is 7.03. The van der Waals surface area contributed by atoms with Crippen molar-refractivity contribution in [3.05, 3.63) is 66.0 Å². The summed E-state index contributed by atoms with van der Waals surface area (Å²) >= 11 is 0. The molecule has 1 fully saturated rings. The number of hydrogen-bond acceptors (Lipinski definition) is 2. The molecule has 1 aromatic heterocycles. The van der Waals surface area contributed by atoms with Crippen LogP contribution in [-0.4, -0.2) is 46.0 Å². The standard InChI is InChI=1S/C23H27N3O/c1-3-24(4-2)23(27)17-26-16-19(20-9-5-6-11-22(20)26)15-18-12-14-25-13-8-7-10-21(18)25/h5-11,13,15-16,21H,3-4,12,14,17H2,1-2H3/b18-15+. The Bertz CT molecular complexity index is 930. The number of aromatic nitrogens is 1. The summed E-state index contributed by atoms with van der Waals surface area (Å²) in [7, 11) is 0. The number of nitrogens with zero attached hydrogens (tertiary/aromatic N) is 3. The molecule has 0 bridgehead atoms. The van der Waals surface area contributed by atoms with Crippen molar-refractivity contribution in [2.45, 2.75) is 32.9 Å². The zero-order valence-corrected chi connectivity index (χ0v) is 16.1. The Kier molecular flexibility index (Phi) is 4.88. The number of amides is 1. The van der Waals surface area contributed by atoms with Crippen LogP contribution in [0.3, 0.4) is 0 Å². The van der Waals surface area contributed by atoms with Gasteiger partial charge in [-0.05, 0) is 44.2 Å². The van der Waals surface area contributed by atoms with Crippen LogP contribution >= 0.6 is 0 Å². The highest BCUT2D eigenvalue weighted by Gasteiger charge is 2.26. The van der Waals surface area contributed by atoms with E-state index in [4.69, 9.17) is 0 Å². The van der Waals surface area contributed by atoms with E-state index in [1.165, 1.54) is 16.5 Å². The summed E-state index contributed by atoms with van der Waals surface area (Å²) in [6.07, 6.45) is 14.2. The summed E-state index contributed by atoms with van der Waals surface area (Å²) in [4.78, 5) is 16.9. The van der Waals surface area contributed by atoms with E-state index in [0.29, 0.717) is 12.6 Å². The minimum absolute atomic E-state index is 0.173. The molecule has 2 aliphatic heterocycles. The van der Waals surface area contributed by atoms with Crippen molar-refractivity contribution in [2.24, 2.45) is 0 Å². The van der Waals surface area contributed by atoms with E-state index in [2.05, 4.69) is 64.4 Å². The zero-order valence-electron chi connectivity index (χ0n) is 16.1. The number of carbonyl (C=O) groups is 1. The summed E-state index contributed by atoms with van der Waals surface area (Å²) in [6, 6.07) is 8.75. The van der Waals surface area contributed by atoms with E-state index in [1.54, 1.807) is 0 Å². The Morgan fingerprint density at radius 2 is 2.04 bits per heavy atom. The lowest BCUT2D eigenvalue weighted by atomic mass is 10.0. The molecule has 1 saturated heterocycles. The number of para-hydroxylation sites is 1. The number of likely N-dealkylation sites (N-methyl/N-ethyl adjacent to an activating group) is 1. The van der Waals surface area contributed by atoms with Gasteiger partial charge >= 0.3 is 0 Å². The first-order chi connectivity index (χ1) is 13.2. The molecule has 27 heavy (non-hydrogen) atoms. The van der Waals surface area contributed by atoms with E-state index >= 15 is 0 Å². The van der Waals surface area contributed by atoms with Crippen LogP contribution in [0.5, 0.6) is 0 Å². The molecule has 2 aliphatic rings. The molecule has 2 aromatic rings. The van der Waals surface area contributed by atoms with Gasteiger partial charge < -0.3 is 14.4 Å². The summed E-state index contributed by atoms with van der Waals surface area (Å²) in [5.74, 6) is 0.173. The van der Waals surface area contributed by atoms with E-state index in [0.717, 1.165) is 31.6 Å². The van der Waals surface area contributed by atoms with Crippen LogP contribution in [0.4, 0.5) is 0 Å². The Labute approximate surface area is 161 Å². The molecule has 0 radical (unpaired) electrons. The van der Waals surface area contributed by atoms with Crippen LogP contribution in [-0.2, 0) is 11.3 Å². The number of rotatable bonds is 5. The van der Waals surface area contributed by atoms with Crippen molar-refractivity contribution < 1.29 is 4.79 Å². The van der Waals surface area contributed by atoms with Crippen LogP contribution in [0.1, 0.15) is 25.8 Å². The van der Waals surface area contributed by atoms with Crippen molar-refractivity contribution in [1.82, 2.24) is 14.4 Å². The molecule has 4 nitrogen and oxygen atoms in total. The normalized spacial score (nSPS) is 19.9. The van der Waals surface area contributed by atoms with Crippen LogP contribution in [0.2, 0.25) is 0 Å². The molecular formula is C23H27N3O. The second kappa shape index (κ2) is 7.47. The highest BCUT2D eigenvalue weighted by atomic mass is 16.2. The van der Waals surface area contributed by atoms with Gasteiger partial charge in [0.1, 0.15) is 6.54 Å². The molecule has 1 amide bonds. The summed E-state index contributed by atoms with van der Waals surface area (Å²) < 4.78 is 2.10. The molecule has 3 heterocycles. The van der Waals surface area contributed by atoms with E-state index in [9.17, 15) is 4.79 Å². The fourth-order valence-corrected chi connectivity index (χ4v) is 4.19. The van der Waals surface area contributed by atoms with E-state index < -0.39 is 0 Å². The zero-order chi connectivity index (χ0) is 18.8. The third-order valence-electron chi connectivity index (χ3n) is 5.66. The van der Waals surface area contributed by atoms with E-state index in [1.807, 2.05) is 24.8 Å². The van der Waals surface area contributed by atoms with Crippen molar-refractivity contribution in [2.75, 3.05) is 19.6 Å². The van der Waals surface area contributed by atoms with Crippen molar-refractivity contribution >= 4 is 22.9 Å². The summed E-state index contributed by atoms with van der Waals surface area (Å²) in [5.41, 5.74) is 3.77. The Morgan fingerprint density at radius 1 is 1.22 bits per heavy atom. The van der Waals surface area contributed by atoms with Gasteiger partial charge in [-0.3, -0.25) is 4.79 Å². The molecule has 4 rings (SSSR count). The molecule has 0 spiro atoms. The first-order valence-corrected chi connectivity index (χ1v) is 9.88. The molecular weight excluding hydrogens is 334 g/mol. The molecule has 1 atom stereocenters. The lowest BCUT2D eigenvalue weighted by Crippen LogP contribution is -2.33. The Morgan fingerprint density at radius 3 is 2.85 bits per heavy atom. The quantitative estimate of drug-likeness (QED) is 0.804. The van der Waals surface area contributed by atoms with Gasteiger partial charge in [-0.2, -0.15) is 0 Å². The van der Waals surface area contributed by atoms with Gasteiger partial charge in [0.15, 0.2) is 0 Å². The SMILES string of the molecule is CCN(CC)C(=O)Cn1cc(/C=C2\CCN3C=CC=CC23)c2ccccc21. The molecule has 1 aromatic carbocycles. The Balaban J connectivity index is 1.68. The van der Waals surface area contributed by atoms with E-state index in [-0.39, 0.29) is 5.91 Å². The fourth-order valence-electron chi connectivity index (χ4n) is 4.19. The van der Waals surface area contributed by atoms with Gasteiger partial charge in [-0.15, -0.1) is 0 Å². The molecule has 4 heteroatoms. The second-order valence-electron chi connectivity index (χ2n) is 7.17. The first-order valence-electron chi connectivity index (χ1n) is 9.88. The van der Waals surface area contributed by atoms with Crippen molar-refractivity contribution in [1.29, 1.82) is 0 Å². The van der Waals surface area contributed by atoms with Crippen LogP contribution in [0, 0.1) is 0 Å². The summed E-state index contributed by atoms with van der Waals surface area (Å²) in [5, 5.41) is 1.21. The molecule has 0 aliphatic carbocycles. The second-order valence-corrected chi connectivity index (χ2v) is 7.17. The lowest BCUT2D eigenvalue weighted by molar-refractivity contribution is -0.131. The maximum absolute atomic E-state index is 12.6. The average molecular weight is 361 g/mol. The average Bonchev–Trinajstić information content (AvgIpc) is 3.26. The predicted octanol–water partition coefficient (Wildman–Crippen LogP) is 4.05. The highest BCUT2D eigenvalue weighted by Crippen LogP contribution is 2.31. The third-order valence-corrected chi connectivity index (χ3v) is 5.66. The number of hydrogen-bond donors (Lipinski definition) is 0. The maximum Gasteiger partial charge on any atom is 0.242 e.